The molecule has 218 valence electrons. The summed E-state index contributed by atoms with van der Waals surface area (Å²) < 4.78 is 39.4. The Morgan fingerprint density at radius 3 is 2.38 bits per heavy atom. The fraction of sp³-hybridized carbons (Fsp3) is 0.621. The second kappa shape index (κ2) is 13.6. The summed E-state index contributed by atoms with van der Waals surface area (Å²) in [6.07, 6.45) is 4.84. The van der Waals surface area contributed by atoms with Gasteiger partial charge in [-0.25, -0.2) is 13.8 Å². The third kappa shape index (κ3) is 6.70. The first-order chi connectivity index (χ1) is 19.6. The van der Waals surface area contributed by atoms with Crippen LogP contribution in [0.15, 0.2) is 30.3 Å². The smallest absolute Gasteiger partial charge is 0.296 e. The van der Waals surface area contributed by atoms with Gasteiger partial charge in [0.15, 0.2) is 5.82 Å². The molecule has 2 aromatic heterocycles. The second-order valence-electron chi connectivity index (χ2n) is 10.8. The predicted molar refractivity (Wildman–Crippen MR) is 153 cm³/mol. The number of aromatic nitrogens is 4. The van der Waals surface area contributed by atoms with Crippen molar-refractivity contribution in [3.8, 4) is 5.82 Å². The van der Waals surface area contributed by atoms with E-state index in [1.165, 1.54) is 56.2 Å². The number of imidazole rings is 1. The minimum Gasteiger partial charge on any atom is -0.388 e. The van der Waals surface area contributed by atoms with Crippen molar-refractivity contribution in [3.63, 3.8) is 0 Å². The number of halogens is 2. The van der Waals surface area contributed by atoms with Gasteiger partial charge in [-0.15, -0.1) is 0 Å². The number of fused-ring (bicyclic) bond motifs is 1. The summed E-state index contributed by atoms with van der Waals surface area (Å²) in [6, 6.07) is 9.70. The molecule has 2 aliphatic heterocycles. The number of morpholine rings is 1. The molecule has 1 aliphatic carbocycles. The van der Waals surface area contributed by atoms with Crippen LogP contribution in [0, 0.1) is 5.92 Å². The number of rotatable bonds is 7. The second-order valence-corrected chi connectivity index (χ2v) is 10.8. The van der Waals surface area contributed by atoms with Gasteiger partial charge in [-0.05, 0) is 69.7 Å². The number of para-hydroxylation sites is 2. The molecular formula is C29H41F2N7O2. The highest BCUT2D eigenvalue weighted by molar-refractivity contribution is 5.78. The van der Waals surface area contributed by atoms with Crippen LogP contribution in [-0.2, 0) is 9.47 Å². The Bertz CT molecular complexity index is 1220. The normalized spacial score (nSPS) is 22.0. The van der Waals surface area contributed by atoms with Crippen molar-refractivity contribution in [1.29, 1.82) is 0 Å². The van der Waals surface area contributed by atoms with E-state index in [0.29, 0.717) is 60.8 Å². The third-order valence-electron chi connectivity index (χ3n) is 8.05. The minimum absolute atomic E-state index is 0.306. The average molecular weight is 558 g/mol. The van der Waals surface area contributed by atoms with Gasteiger partial charge in [-0.1, -0.05) is 12.1 Å². The molecule has 4 heterocycles. The lowest BCUT2D eigenvalue weighted by Crippen LogP contribution is -2.38. The first-order valence-electron chi connectivity index (χ1n) is 14.4. The van der Waals surface area contributed by atoms with Crippen LogP contribution in [0.5, 0.6) is 0 Å². The van der Waals surface area contributed by atoms with E-state index < -0.39 is 6.43 Å². The number of nitrogens with zero attached hydrogens (tertiary/aromatic N) is 6. The zero-order valence-electron chi connectivity index (χ0n) is 23.6. The monoisotopic (exact) mass is 557 g/mol. The van der Waals surface area contributed by atoms with Gasteiger partial charge in [0, 0.05) is 46.0 Å². The lowest BCUT2D eigenvalue weighted by Gasteiger charge is -2.34. The van der Waals surface area contributed by atoms with Gasteiger partial charge in [0.1, 0.15) is 11.6 Å². The maximum absolute atomic E-state index is 14.1. The zero-order valence-corrected chi connectivity index (χ0v) is 23.6. The minimum atomic E-state index is -2.73. The summed E-state index contributed by atoms with van der Waals surface area (Å²) in [6.45, 7) is 5.83. The highest BCUT2D eigenvalue weighted by atomic mass is 19.3. The maximum atomic E-state index is 14.1. The van der Waals surface area contributed by atoms with Crippen LogP contribution in [0.25, 0.3) is 16.9 Å². The van der Waals surface area contributed by atoms with E-state index in [1.807, 2.05) is 6.07 Å². The van der Waals surface area contributed by atoms with E-state index >= 15 is 0 Å². The van der Waals surface area contributed by atoms with Crippen LogP contribution in [0.4, 0.5) is 20.5 Å². The van der Waals surface area contributed by atoms with Crippen LogP contribution in [0.2, 0.25) is 0 Å². The summed E-state index contributed by atoms with van der Waals surface area (Å²) in [5.41, 5.74) is 1.13. The van der Waals surface area contributed by atoms with Gasteiger partial charge in [0.25, 0.3) is 6.43 Å². The first-order valence-corrected chi connectivity index (χ1v) is 14.4. The molecule has 9 nitrogen and oxygen atoms in total. The molecule has 6 rings (SSSR count). The van der Waals surface area contributed by atoms with Crippen molar-refractivity contribution in [1.82, 2.24) is 24.4 Å². The molecule has 0 radical (unpaired) electrons. The number of alkyl halides is 2. The Kier molecular flexibility index (Phi) is 9.77. The summed E-state index contributed by atoms with van der Waals surface area (Å²) in [4.78, 5) is 18.5. The van der Waals surface area contributed by atoms with Crippen LogP contribution >= 0.6 is 0 Å². The number of hydrogen-bond donors (Lipinski definition) is 1. The summed E-state index contributed by atoms with van der Waals surface area (Å²) >= 11 is 0. The van der Waals surface area contributed by atoms with Crippen LogP contribution < -0.4 is 10.2 Å². The lowest BCUT2D eigenvalue weighted by molar-refractivity contribution is 0.122. The Morgan fingerprint density at radius 2 is 1.68 bits per heavy atom. The van der Waals surface area contributed by atoms with Crippen LogP contribution in [0.1, 0.15) is 50.8 Å². The Labute approximate surface area is 234 Å². The number of methoxy groups -OCH3 is 1. The summed E-state index contributed by atoms with van der Waals surface area (Å²) in [7, 11) is 3.25. The van der Waals surface area contributed by atoms with Crippen molar-refractivity contribution in [3.05, 3.63) is 36.2 Å². The van der Waals surface area contributed by atoms with Gasteiger partial charge in [-0.2, -0.15) is 9.97 Å². The molecular weight excluding hydrogens is 516 g/mol. The average Bonchev–Trinajstić information content (AvgIpc) is 3.66. The molecule has 3 fully saturated rings. The summed E-state index contributed by atoms with van der Waals surface area (Å²) in [5, 5.41) is 3.53. The highest BCUT2D eigenvalue weighted by Gasteiger charge is 2.28. The standard InChI is InChI=1S/C27H35F2N7O.C2H6O/c28-25(29)26-31-21-5-1-2-6-22(21)36(26)24-17-23(32-27(33-24)35-13-15-37-16-14-35)30-18-19-7-9-20(10-8-19)34-11-3-4-12-34;1-3-2/h1-2,5-6,17,19-20,25H,3-4,7-16,18H2,(H,30,32,33);1-2H3. The molecule has 1 aromatic carbocycles. The molecule has 40 heavy (non-hydrogen) atoms. The van der Waals surface area contributed by atoms with E-state index in [2.05, 4.69) is 24.8 Å². The molecule has 0 atom stereocenters. The van der Waals surface area contributed by atoms with E-state index in [-0.39, 0.29) is 5.82 Å². The molecule has 3 aliphatic rings. The SMILES string of the molecule is COC.FC(F)c1nc2ccccc2n1-c1cc(NCC2CCC(N3CCCC3)CC2)nc(N2CCOCC2)n1. The van der Waals surface area contributed by atoms with Gasteiger partial charge in [0.05, 0.1) is 24.2 Å². The number of ether oxygens (including phenoxy) is 2. The van der Waals surface area contributed by atoms with Crippen molar-refractivity contribution in [2.24, 2.45) is 5.92 Å². The molecule has 0 unspecified atom stereocenters. The Morgan fingerprint density at radius 1 is 0.975 bits per heavy atom. The predicted octanol–water partition coefficient (Wildman–Crippen LogP) is 4.92. The highest BCUT2D eigenvalue weighted by Crippen LogP contribution is 2.31. The number of likely N-dealkylation sites (tertiary alicyclic amines) is 1. The fourth-order valence-electron chi connectivity index (χ4n) is 6.03. The third-order valence-corrected chi connectivity index (χ3v) is 8.05. The van der Waals surface area contributed by atoms with Gasteiger partial charge < -0.3 is 24.6 Å². The van der Waals surface area contributed by atoms with Gasteiger partial charge in [-0.3, -0.25) is 4.57 Å². The van der Waals surface area contributed by atoms with Crippen molar-refractivity contribution in [2.75, 3.05) is 70.4 Å². The molecule has 11 heteroatoms. The van der Waals surface area contributed by atoms with Crippen LogP contribution in [-0.4, -0.2) is 90.6 Å². The molecule has 0 amide bonds. The fourth-order valence-corrected chi connectivity index (χ4v) is 6.03. The molecule has 1 N–H and O–H groups in total. The van der Waals surface area contributed by atoms with Gasteiger partial charge >= 0.3 is 0 Å². The number of anilines is 2. The van der Waals surface area contributed by atoms with E-state index in [1.54, 1.807) is 38.5 Å². The maximum Gasteiger partial charge on any atom is 0.296 e. The molecule has 2 saturated heterocycles. The summed E-state index contributed by atoms with van der Waals surface area (Å²) in [5.74, 6) is 1.86. The molecule has 3 aromatic rings. The molecule has 0 spiro atoms. The lowest BCUT2D eigenvalue weighted by atomic mass is 9.85. The Balaban J connectivity index is 0.00000103. The van der Waals surface area contributed by atoms with Crippen molar-refractivity contribution < 1.29 is 18.3 Å². The van der Waals surface area contributed by atoms with Crippen molar-refractivity contribution >= 4 is 22.8 Å². The number of hydrogen-bond acceptors (Lipinski definition) is 8. The number of benzene rings is 1. The quantitative estimate of drug-likeness (QED) is 0.439. The Hall–Kier alpha value is -2.89. The largest absolute Gasteiger partial charge is 0.388 e. The molecule has 0 bridgehead atoms. The van der Waals surface area contributed by atoms with E-state index in [0.717, 1.165) is 12.6 Å². The zero-order chi connectivity index (χ0) is 27.9. The topological polar surface area (TPSA) is 80.6 Å². The van der Waals surface area contributed by atoms with E-state index in [4.69, 9.17) is 14.7 Å². The van der Waals surface area contributed by atoms with E-state index in [9.17, 15) is 8.78 Å². The molecule has 1 saturated carbocycles. The van der Waals surface area contributed by atoms with Gasteiger partial charge in [0.2, 0.25) is 5.95 Å². The van der Waals surface area contributed by atoms with Crippen molar-refractivity contribution in [2.45, 2.75) is 51.0 Å². The number of nitrogens with one attached hydrogen (secondary N) is 1. The first kappa shape index (κ1) is 28.6. The van der Waals surface area contributed by atoms with Crippen LogP contribution in [0.3, 0.4) is 0 Å².